The molecule has 4 nitrogen and oxygen atoms in total. The Morgan fingerprint density at radius 2 is 1.94 bits per heavy atom. The topological polar surface area (TPSA) is 61.2 Å². The lowest BCUT2D eigenvalue weighted by atomic mass is 9.74. The molecule has 0 saturated carbocycles. The Kier molecular flexibility index (Phi) is 3.04. The monoisotopic (exact) mass is 230 g/mol. The maximum Gasteiger partial charge on any atom is 0.215 e. The standard InChI is InChI=1S/C13H14N2O2/c14-12-13(9-16,7-4-8-15(12)10-17)11-5-2-1-3-6-11/h1-3,5-6,9-10,14H,4,7-8H2. The average Bonchev–Trinajstić information content (AvgIpc) is 2.40. The predicted octanol–water partition coefficient (Wildman–Crippen LogP) is 1.35. The summed E-state index contributed by atoms with van der Waals surface area (Å²) < 4.78 is 0. The molecule has 0 aromatic heterocycles. The Balaban J connectivity index is 2.47. The molecule has 1 atom stereocenters. The molecule has 88 valence electrons. The highest BCUT2D eigenvalue weighted by molar-refractivity contribution is 6.08. The van der Waals surface area contributed by atoms with Gasteiger partial charge in [0.1, 0.15) is 17.5 Å². The van der Waals surface area contributed by atoms with Crippen molar-refractivity contribution < 1.29 is 9.59 Å². The van der Waals surface area contributed by atoms with E-state index in [4.69, 9.17) is 5.41 Å². The molecule has 1 aliphatic rings. The molecule has 1 saturated heterocycles. The molecule has 0 bridgehead atoms. The Labute approximate surface area is 99.7 Å². The van der Waals surface area contributed by atoms with E-state index in [1.54, 1.807) is 0 Å². The summed E-state index contributed by atoms with van der Waals surface area (Å²) in [6.45, 7) is 0.519. The van der Waals surface area contributed by atoms with Crippen molar-refractivity contribution in [2.24, 2.45) is 0 Å². The van der Waals surface area contributed by atoms with Crippen LogP contribution in [0, 0.1) is 5.41 Å². The summed E-state index contributed by atoms with van der Waals surface area (Å²) in [5.74, 6) is 0.0833. The van der Waals surface area contributed by atoms with Crippen molar-refractivity contribution in [2.45, 2.75) is 18.3 Å². The van der Waals surface area contributed by atoms with Crippen LogP contribution in [0.15, 0.2) is 30.3 Å². The van der Waals surface area contributed by atoms with E-state index in [2.05, 4.69) is 0 Å². The van der Waals surface area contributed by atoms with Crippen molar-refractivity contribution in [3.8, 4) is 0 Å². The number of rotatable bonds is 3. The van der Waals surface area contributed by atoms with Crippen molar-refractivity contribution in [3.05, 3.63) is 35.9 Å². The third kappa shape index (κ3) is 1.75. The lowest BCUT2D eigenvalue weighted by Crippen LogP contribution is -2.51. The molecule has 17 heavy (non-hydrogen) atoms. The molecule has 0 spiro atoms. The minimum atomic E-state index is -0.958. The number of amidine groups is 1. The fourth-order valence-electron chi connectivity index (χ4n) is 2.32. The van der Waals surface area contributed by atoms with Crippen LogP contribution in [0.2, 0.25) is 0 Å². The minimum Gasteiger partial charge on any atom is -0.302 e. The van der Waals surface area contributed by atoms with E-state index in [9.17, 15) is 9.59 Å². The van der Waals surface area contributed by atoms with Crippen LogP contribution in [0.1, 0.15) is 18.4 Å². The number of hydrogen-bond acceptors (Lipinski definition) is 3. The molecule has 1 heterocycles. The molecule has 0 aliphatic carbocycles. The highest BCUT2D eigenvalue weighted by Crippen LogP contribution is 2.33. The fourth-order valence-corrected chi connectivity index (χ4v) is 2.32. The van der Waals surface area contributed by atoms with Crippen LogP contribution >= 0.6 is 0 Å². The lowest BCUT2D eigenvalue weighted by molar-refractivity contribution is -0.116. The van der Waals surface area contributed by atoms with Crippen LogP contribution in [-0.2, 0) is 15.0 Å². The summed E-state index contributed by atoms with van der Waals surface area (Å²) in [5.41, 5.74) is -0.174. The van der Waals surface area contributed by atoms with Crippen molar-refractivity contribution in [2.75, 3.05) is 6.54 Å². The van der Waals surface area contributed by atoms with Crippen molar-refractivity contribution in [3.63, 3.8) is 0 Å². The summed E-state index contributed by atoms with van der Waals surface area (Å²) in [6.07, 6.45) is 2.74. The largest absolute Gasteiger partial charge is 0.302 e. The molecule has 1 N–H and O–H groups in total. The van der Waals surface area contributed by atoms with Gasteiger partial charge in [-0.3, -0.25) is 10.2 Å². The van der Waals surface area contributed by atoms with Gasteiger partial charge in [0.25, 0.3) is 0 Å². The molecule has 1 aliphatic heterocycles. The molecule has 1 aromatic rings. The zero-order valence-corrected chi connectivity index (χ0v) is 9.43. The highest BCUT2D eigenvalue weighted by Gasteiger charge is 2.42. The first-order chi connectivity index (χ1) is 8.24. The summed E-state index contributed by atoms with van der Waals surface area (Å²) in [4.78, 5) is 23.7. The van der Waals surface area contributed by atoms with Gasteiger partial charge in [0.2, 0.25) is 6.41 Å². The van der Waals surface area contributed by atoms with Gasteiger partial charge < -0.3 is 9.69 Å². The number of piperidine rings is 1. The average molecular weight is 230 g/mol. The number of likely N-dealkylation sites (tertiary alicyclic amines) is 1. The van der Waals surface area contributed by atoms with Crippen molar-refractivity contribution >= 4 is 18.5 Å². The Morgan fingerprint density at radius 3 is 2.53 bits per heavy atom. The number of nitrogens with one attached hydrogen (secondary N) is 1. The molecular formula is C13H14N2O2. The van der Waals surface area contributed by atoms with Gasteiger partial charge in [0.15, 0.2) is 0 Å². The number of nitrogens with zero attached hydrogens (tertiary/aromatic N) is 1. The molecule has 2 rings (SSSR count). The zero-order chi connectivity index (χ0) is 12.3. The summed E-state index contributed by atoms with van der Waals surface area (Å²) >= 11 is 0. The number of benzene rings is 1. The summed E-state index contributed by atoms with van der Waals surface area (Å²) in [5, 5.41) is 8.05. The van der Waals surface area contributed by atoms with E-state index in [0.29, 0.717) is 19.4 Å². The maximum atomic E-state index is 11.5. The molecule has 1 aromatic carbocycles. The quantitative estimate of drug-likeness (QED) is 0.797. The third-order valence-corrected chi connectivity index (χ3v) is 3.30. The van der Waals surface area contributed by atoms with Gasteiger partial charge in [-0.15, -0.1) is 0 Å². The van der Waals surface area contributed by atoms with Gasteiger partial charge in [-0.05, 0) is 18.4 Å². The number of carbonyl (C=O) groups is 2. The number of hydrogen-bond donors (Lipinski definition) is 1. The first-order valence-electron chi connectivity index (χ1n) is 5.57. The highest BCUT2D eigenvalue weighted by atomic mass is 16.1. The van der Waals surface area contributed by atoms with Gasteiger partial charge >= 0.3 is 0 Å². The molecule has 0 radical (unpaired) electrons. The number of carbonyl (C=O) groups excluding carboxylic acids is 2. The first kappa shape index (κ1) is 11.5. The van der Waals surface area contributed by atoms with Crippen LogP contribution < -0.4 is 0 Å². The van der Waals surface area contributed by atoms with Gasteiger partial charge in [-0.2, -0.15) is 0 Å². The second-order valence-corrected chi connectivity index (χ2v) is 4.21. The zero-order valence-electron chi connectivity index (χ0n) is 9.43. The van der Waals surface area contributed by atoms with E-state index >= 15 is 0 Å². The maximum absolute atomic E-state index is 11.5. The molecule has 1 fully saturated rings. The van der Waals surface area contributed by atoms with Gasteiger partial charge in [0, 0.05) is 6.54 Å². The molecule has 1 unspecified atom stereocenters. The lowest BCUT2D eigenvalue weighted by Gasteiger charge is -2.38. The van der Waals surface area contributed by atoms with E-state index in [-0.39, 0.29) is 5.84 Å². The molecular weight excluding hydrogens is 216 g/mol. The first-order valence-corrected chi connectivity index (χ1v) is 5.57. The van der Waals surface area contributed by atoms with Crippen molar-refractivity contribution in [1.29, 1.82) is 5.41 Å². The van der Waals surface area contributed by atoms with Gasteiger partial charge in [0.05, 0.1) is 0 Å². The Hall–Kier alpha value is -1.97. The SMILES string of the molecule is N=C1N(C=O)CCCC1(C=O)c1ccccc1. The predicted molar refractivity (Wildman–Crippen MR) is 63.9 cm³/mol. The van der Waals surface area contributed by atoms with Crippen molar-refractivity contribution in [1.82, 2.24) is 4.90 Å². The van der Waals surface area contributed by atoms with Crippen LogP contribution in [0.5, 0.6) is 0 Å². The van der Waals surface area contributed by atoms with Crippen LogP contribution in [0.25, 0.3) is 0 Å². The fraction of sp³-hybridized carbons (Fsp3) is 0.308. The third-order valence-electron chi connectivity index (χ3n) is 3.30. The van der Waals surface area contributed by atoms with Gasteiger partial charge in [-0.1, -0.05) is 30.3 Å². The number of aldehydes is 1. The van der Waals surface area contributed by atoms with E-state index in [1.165, 1.54) is 4.90 Å². The van der Waals surface area contributed by atoms with E-state index in [1.807, 2.05) is 30.3 Å². The van der Waals surface area contributed by atoms with Crippen LogP contribution in [-0.4, -0.2) is 30.0 Å². The second-order valence-electron chi connectivity index (χ2n) is 4.21. The Bertz CT molecular complexity index is 444. The number of amides is 1. The molecule has 4 heteroatoms. The smallest absolute Gasteiger partial charge is 0.215 e. The van der Waals surface area contributed by atoms with E-state index < -0.39 is 5.41 Å². The second kappa shape index (κ2) is 4.49. The molecule has 1 amide bonds. The van der Waals surface area contributed by atoms with Crippen LogP contribution in [0.4, 0.5) is 0 Å². The van der Waals surface area contributed by atoms with Crippen LogP contribution in [0.3, 0.4) is 0 Å². The Morgan fingerprint density at radius 1 is 1.24 bits per heavy atom. The summed E-state index contributed by atoms with van der Waals surface area (Å²) in [7, 11) is 0. The normalized spacial score (nSPS) is 24.5. The minimum absolute atomic E-state index is 0.0833. The van der Waals surface area contributed by atoms with E-state index in [0.717, 1.165) is 18.3 Å². The van der Waals surface area contributed by atoms with Gasteiger partial charge in [-0.25, -0.2) is 0 Å². The summed E-state index contributed by atoms with van der Waals surface area (Å²) in [6, 6.07) is 9.21.